The highest BCUT2D eigenvalue weighted by atomic mass is 32.2. The van der Waals surface area contributed by atoms with Crippen LogP contribution in [-0.2, 0) is 10.8 Å². The normalized spacial score (nSPS) is 19.4. The first-order valence-electron chi connectivity index (χ1n) is 6.93. The van der Waals surface area contributed by atoms with Crippen LogP contribution in [0.1, 0.15) is 31.2 Å². The van der Waals surface area contributed by atoms with Crippen molar-refractivity contribution in [2.45, 2.75) is 37.5 Å². The third-order valence-corrected chi connectivity index (χ3v) is 4.93. The van der Waals surface area contributed by atoms with E-state index in [9.17, 15) is 4.21 Å². The van der Waals surface area contributed by atoms with Crippen LogP contribution in [0.15, 0.2) is 29.2 Å². The highest BCUT2D eigenvalue weighted by Crippen LogP contribution is 2.11. The largest absolute Gasteiger partial charge is 0.302 e. The summed E-state index contributed by atoms with van der Waals surface area (Å²) < 4.78 is 12.2. The summed E-state index contributed by atoms with van der Waals surface area (Å²) in [6.45, 7) is 5.40. The molecule has 0 bridgehead atoms. The van der Waals surface area contributed by atoms with Gasteiger partial charge in [-0.3, -0.25) is 4.21 Å². The lowest BCUT2D eigenvalue weighted by Crippen LogP contribution is -2.28. The molecule has 2 nitrogen and oxygen atoms in total. The third-order valence-electron chi connectivity index (χ3n) is 3.58. The Hall–Kier alpha value is -0.670. The Balaban J connectivity index is 1.82. The van der Waals surface area contributed by atoms with Crippen molar-refractivity contribution in [2.75, 3.05) is 25.4 Å². The van der Waals surface area contributed by atoms with E-state index in [2.05, 4.69) is 11.8 Å². The summed E-state index contributed by atoms with van der Waals surface area (Å²) >= 11 is 0. The monoisotopic (exact) mass is 265 g/mol. The van der Waals surface area contributed by atoms with Crippen LogP contribution in [0, 0.1) is 6.92 Å². The van der Waals surface area contributed by atoms with Gasteiger partial charge in [0.05, 0.1) is 10.8 Å². The van der Waals surface area contributed by atoms with E-state index in [4.69, 9.17) is 0 Å². The van der Waals surface area contributed by atoms with Gasteiger partial charge in [-0.15, -0.1) is 0 Å². The minimum Gasteiger partial charge on any atom is -0.302 e. The molecule has 1 heterocycles. The summed E-state index contributed by atoms with van der Waals surface area (Å²) in [4.78, 5) is 3.44. The van der Waals surface area contributed by atoms with E-state index in [0.717, 1.165) is 17.2 Å². The molecular weight excluding hydrogens is 242 g/mol. The van der Waals surface area contributed by atoms with Crippen molar-refractivity contribution in [3.63, 3.8) is 0 Å². The van der Waals surface area contributed by atoms with Gasteiger partial charge in [-0.2, -0.15) is 0 Å². The minimum atomic E-state index is -0.841. The molecule has 1 aliphatic heterocycles. The van der Waals surface area contributed by atoms with Gasteiger partial charge in [0, 0.05) is 17.2 Å². The first-order valence-corrected chi connectivity index (χ1v) is 8.25. The van der Waals surface area contributed by atoms with Crippen molar-refractivity contribution in [1.29, 1.82) is 0 Å². The molecule has 100 valence electrons. The molecule has 0 radical (unpaired) electrons. The van der Waals surface area contributed by atoms with Gasteiger partial charge in [-0.05, 0) is 45.0 Å². The van der Waals surface area contributed by atoms with Gasteiger partial charge in [0.15, 0.2) is 0 Å². The lowest BCUT2D eigenvalue weighted by atomic mass is 10.2. The molecule has 0 saturated carbocycles. The minimum absolute atomic E-state index is 0.767. The van der Waals surface area contributed by atoms with E-state index >= 15 is 0 Å². The van der Waals surface area contributed by atoms with Gasteiger partial charge in [0.1, 0.15) is 0 Å². The Kier molecular flexibility index (Phi) is 5.39. The topological polar surface area (TPSA) is 20.3 Å². The molecule has 0 aromatic heterocycles. The van der Waals surface area contributed by atoms with Gasteiger partial charge >= 0.3 is 0 Å². The second-order valence-electron chi connectivity index (χ2n) is 5.12. The quantitative estimate of drug-likeness (QED) is 0.834. The maximum atomic E-state index is 12.2. The molecule has 1 aromatic carbocycles. The van der Waals surface area contributed by atoms with Crippen LogP contribution in [0.5, 0.6) is 0 Å². The number of rotatable bonds is 4. The van der Waals surface area contributed by atoms with Crippen molar-refractivity contribution in [3.8, 4) is 0 Å². The zero-order chi connectivity index (χ0) is 12.8. The second kappa shape index (κ2) is 7.05. The predicted molar refractivity (Wildman–Crippen MR) is 77.4 cm³/mol. The smallest absolute Gasteiger partial charge is 0.0542 e. The first-order chi connectivity index (χ1) is 8.75. The van der Waals surface area contributed by atoms with E-state index in [1.54, 1.807) is 0 Å². The number of nitrogens with zero attached hydrogens (tertiary/aromatic N) is 1. The Labute approximate surface area is 113 Å². The summed E-state index contributed by atoms with van der Waals surface area (Å²) in [6.07, 6.45) is 5.32. The highest BCUT2D eigenvalue weighted by Gasteiger charge is 2.11. The third kappa shape index (κ3) is 4.21. The molecule has 1 unspecified atom stereocenters. The van der Waals surface area contributed by atoms with E-state index in [1.165, 1.54) is 44.3 Å². The lowest BCUT2D eigenvalue weighted by Gasteiger charge is -2.19. The lowest BCUT2D eigenvalue weighted by molar-refractivity contribution is 0.302. The molecular formula is C15H23NOS. The van der Waals surface area contributed by atoms with Crippen molar-refractivity contribution >= 4 is 10.8 Å². The van der Waals surface area contributed by atoms with Crippen LogP contribution in [0.2, 0.25) is 0 Å². The molecule has 18 heavy (non-hydrogen) atoms. The second-order valence-corrected chi connectivity index (χ2v) is 6.69. The number of hydrogen-bond acceptors (Lipinski definition) is 2. The van der Waals surface area contributed by atoms with E-state index in [0.29, 0.717) is 0 Å². The molecule has 0 N–H and O–H groups in total. The molecule has 1 fully saturated rings. The fourth-order valence-electron chi connectivity index (χ4n) is 2.38. The van der Waals surface area contributed by atoms with Crippen molar-refractivity contribution in [1.82, 2.24) is 4.90 Å². The van der Waals surface area contributed by atoms with Gasteiger partial charge < -0.3 is 4.90 Å². The maximum Gasteiger partial charge on any atom is 0.0542 e. The van der Waals surface area contributed by atoms with Crippen LogP contribution in [0.25, 0.3) is 0 Å². The van der Waals surface area contributed by atoms with Crippen molar-refractivity contribution in [2.24, 2.45) is 0 Å². The average Bonchev–Trinajstić information content (AvgIpc) is 2.65. The molecule has 1 aromatic rings. The van der Waals surface area contributed by atoms with Gasteiger partial charge in [-0.1, -0.05) is 30.5 Å². The summed E-state index contributed by atoms with van der Waals surface area (Å²) in [6, 6.07) is 8.07. The van der Waals surface area contributed by atoms with Crippen molar-refractivity contribution < 1.29 is 4.21 Å². The van der Waals surface area contributed by atoms with Crippen LogP contribution in [0.4, 0.5) is 0 Å². The molecule has 0 spiro atoms. The summed E-state index contributed by atoms with van der Waals surface area (Å²) in [5.41, 5.74) is 1.23. The van der Waals surface area contributed by atoms with E-state index < -0.39 is 10.8 Å². The van der Waals surface area contributed by atoms with Crippen LogP contribution >= 0.6 is 0 Å². The number of benzene rings is 1. The van der Waals surface area contributed by atoms with Crippen molar-refractivity contribution in [3.05, 3.63) is 29.8 Å². The SMILES string of the molecule is Cc1ccc(S(=O)CCN2CCCCCC2)cc1. The Bertz CT molecular complexity index is 380. The highest BCUT2D eigenvalue weighted by molar-refractivity contribution is 7.85. The molecule has 1 aliphatic rings. The van der Waals surface area contributed by atoms with Gasteiger partial charge in [0.2, 0.25) is 0 Å². The van der Waals surface area contributed by atoms with Gasteiger partial charge in [0.25, 0.3) is 0 Å². The Morgan fingerprint density at radius 3 is 2.28 bits per heavy atom. The fourth-order valence-corrected chi connectivity index (χ4v) is 3.48. The maximum absolute atomic E-state index is 12.2. The number of likely N-dealkylation sites (tertiary alicyclic amines) is 1. The summed E-state index contributed by atoms with van der Waals surface area (Å²) in [5, 5.41) is 0. The van der Waals surface area contributed by atoms with Crippen LogP contribution < -0.4 is 0 Å². The number of hydrogen-bond donors (Lipinski definition) is 0. The van der Waals surface area contributed by atoms with Crippen LogP contribution in [-0.4, -0.2) is 34.5 Å². The standard InChI is InChI=1S/C15H23NOS/c1-14-6-8-15(9-7-14)18(17)13-12-16-10-4-2-3-5-11-16/h6-9H,2-5,10-13H2,1H3. The van der Waals surface area contributed by atoms with E-state index in [1.807, 2.05) is 24.3 Å². The zero-order valence-electron chi connectivity index (χ0n) is 11.2. The average molecular weight is 265 g/mol. The molecule has 1 saturated heterocycles. The molecule has 0 aliphatic carbocycles. The molecule has 1 atom stereocenters. The Morgan fingerprint density at radius 2 is 1.67 bits per heavy atom. The first kappa shape index (κ1) is 13.8. The zero-order valence-corrected chi connectivity index (χ0v) is 12.0. The van der Waals surface area contributed by atoms with Gasteiger partial charge in [-0.25, -0.2) is 0 Å². The number of aryl methyl sites for hydroxylation is 1. The molecule has 0 amide bonds. The molecule has 3 heteroatoms. The fraction of sp³-hybridized carbons (Fsp3) is 0.600. The predicted octanol–water partition coefficient (Wildman–Crippen LogP) is 2.98. The molecule has 2 rings (SSSR count). The van der Waals surface area contributed by atoms with E-state index in [-0.39, 0.29) is 0 Å². The Morgan fingerprint density at radius 1 is 1.06 bits per heavy atom. The summed E-state index contributed by atoms with van der Waals surface area (Å²) in [7, 11) is -0.841. The van der Waals surface area contributed by atoms with Crippen LogP contribution in [0.3, 0.4) is 0 Å². The summed E-state index contributed by atoms with van der Waals surface area (Å²) in [5.74, 6) is 0.767.